The lowest BCUT2D eigenvalue weighted by Gasteiger charge is -2.08. The van der Waals surface area contributed by atoms with E-state index in [1.165, 1.54) is 0 Å². The van der Waals surface area contributed by atoms with Gasteiger partial charge in [0.15, 0.2) is 5.78 Å². The number of hydrogen-bond donors (Lipinski definition) is 1. The number of pyridine rings is 1. The summed E-state index contributed by atoms with van der Waals surface area (Å²) in [7, 11) is 0. The van der Waals surface area contributed by atoms with E-state index in [2.05, 4.69) is 10.3 Å². The van der Waals surface area contributed by atoms with Gasteiger partial charge in [0.25, 0.3) is 0 Å². The van der Waals surface area contributed by atoms with Crippen LogP contribution in [0.3, 0.4) is 0 Å². The Hall–Kier alpha value is -2.68. The van der Waals surface area contributed by atoms with Crippen molar-refractivity contribution >= 4 is 28.1 Å². The number of carbonyl (C=O) groups excluding carboxylic acids is 1. The summed E-state index contributed by atoms with van der Waals surface area (Å²) in [4.78, 5) is 15.8. The van der Waals surface area contributed by atoms with Gasteiger partial charge in [0, 0.05) is 16.6 Å². The molecule has 1 heterocycles. The number of carbonyl (C=O) groups is 1. The van der Waals surface area contributed by atoms with Gasteiger partial charge in [-0.2, -0.15) is 0 Å². The third kappa shape index (κ3) is 2.52. The molecule has 3 heteroatoms. The van der Waals surface area contributed by atoms with E-state index in [-0.39, 0.29) is 5.78 Å². The van der Waals surface area contributed by atoms with Crippen LogP contribution in [-0.4, -0.2) is 10.8 Å². The summed E-state index contributed by atoms with van der Waals surface area (Å²) < 4.78 is 0. The molecule has 3 rings (SSSR count). The van der Waals surface area contributed by atoms with Crippen molar-refractivity contribution in [1.82, 2.24) is 4.98 Å². The SMILES string of the molecule is CC(=O)c1cccc(Nc2cnc3ccccc3c2)c1. The minimum atomic E-state index is 0.0605. The highest BCUT2D eigenvalue weighted by Gasteiger charge is 2.02. The Morgan fingerprint density at radius 1 is 1.00 bits per heavy atom. The van der Waals surface area contributed by atoms with Crippen molar-refractivity contribution in [2.24, 2.45) is 0 Å². The summed E-state index contributed by atoms with van der Waals surface area (Å²) in [6, 6.07) is 17.5. The van der Waals surface area contributed by atoms with Crippen molar-refractivity contribution < 1.29 is 4.79 Å². The van der Waals surface area contributed by atoms with Gasteiger partial charge in [-0.3, -0.25) is 9.78 Å². The molecule has 20 heavy (non-hydrogen) atoms. The van der Waals surface area contributed by atoms with E-state index in [9.17, 15) is 4.79 Å². The monoisotopic (exact) mass is 262 g/mol. The molecule has 3 nitrogen and oxygen atoms in total. The van der Waals surface area contributed by atoms with E-state index in [4.69, 9.17) is 0 Å². The van der Waals surface area contributed by atoms with Gasteiger partial charge in [-0.25, -0.2) is 0 Å². The Morgan fingerprint density at radius 2 is 1.85 bits per heavy atom. The van der Waals surface area contributed by atoms with Crippen molar-refractivity contribution in [2.45, 2.75) is 6.92 Å². The van der Waals surface area contributed by atoms with Gasteiger partial charge < -0.3 is 5.32 Å². The van der Waals surface area contributed by atoms with Crippen LogP contribution >= 0.6 is 0 Å². The summed E-state index contributed by atoms with van der Waals surface area (Å²) in [6.45, 7) is 1.57. The van der Waals surface area contributed by atoms with Crippen LogP contribution in [0, 0.1) is 0 Å². The third-order valence-corrected chi connectivity index (χ3v) is 3.15. The van der Waals surface area contributed by atoms with E-state index in [1.807, 2.05) is 54.6 Å². The number of aromatic nitrogens is 1. The predicted molar refractivity (Wildman–Crippen MR) is 81.5 cm³/mol. The minimum absolute atomic E-state index is 0.0605. The first-order chi connectivity index (χ1) is 9.72. The number of para-hydroxylation sites is 1. The smallest absolute Gasteiger partial charge is 0.159 e. The zero-order chi connectivity index (χ0) is 13.9. The van der Waals surface area contributed by atoms with Crippen molar-refractivity contribution in [2.75, 3.05) is 5.32 Å². The maximum atomic E-state index is 11.4. The van der Waals surface area contributed by atoms with Gasteiger partial charge in [0.05, 0.1) is 17.4 Å². The molecule has 0 bridgehead atoms. The first-order valence-electron chi connectivity index (χ1n) is 6.45. The number of nitrogens with one attached hydrogen (secondary N) is 1. The third-order valence-electron chi connectivity index (χ3n) is 3.15. The molecule has 0 amide bonds. The van der Waals surface area contributed by atoms with Gasteiger partial charge in [0.2, 0.25) is 0 Å². The lowest BCUT2D eigenvalue weighted by Crippen LogP contribution is -1.95. The molecule has 0 aliphatic heterocycles. The molecule has 0 fully saturated rings. The fraction of sp³-hybridized carbons (Fsp3) is 0.0588. The number of anilines is 2. The summed E-state index contributed by atoms with van der Waals surface area (Å²) in [6.07, 6.45) is 1.79. The Morgan fingerprint density at radius 3 is 2.70 bits per heavy atom. The van der Waals surface area contributed by atoms with Crippen LogP contribution in [0.4, 0.5) is 11.4 Å². The number of benzene rings is 2. The fourth-order valence-electron chi connectivity index (χ4n) is 2.12. The highest BCUT2D eigenvalue weighted by molar-refractivity contribution is 5.95. The van der Waals surface area contributed by atoms with Gasteiger partial charge >= 0.3 is 0 Å². The number of rotatable bonds is 3. The normalized spacial score (nSPS) is 10.4. The number of nitrogens with zero attached hydrogens (tertiary/aromatic N) is 1. The predicted octanol–water partition coefficient (Wildman–Crippen LogP) is 4.18. The molecule has 1 N–H and O–H groups in total. The molecule has 0 aliphatic carbocycles. The van der Waals surface area contributed by atoms with Crippen LogP contribution in [0.15, 0.2) is 60.8 Å². The Labute approximate surface area is 117 Å². The molecule has 0 radical (unpaired) electrons. The van der Waals surface area contributed by atoms with Crippen molar-refractivity contribution in [1.29, 1.82) is 0 Å². The van der Waals surface area contributed by atoms with Crippen LogP contribution in [0.5, 0.6) is 0 Å². The van der Waals surface area contributed by atoms with Crippen LogP contribution in [0.2, 0.25) is 0 Å². The van der Waals surface area contributed by atoms with Crippen molar-refractivity contribution in [3.8, 4) is 0 Å². The fourth-order valence-corrected chi connectivity index (χ4v) is 2.12. The molecule has 0 unspecified atom stereocenters. The molecule has 0 aliphatic rings. The molecule has 1 aromatic heterocycles. The van der Waals surface area contributed by atoms with Gasteiger partial charge in [-0.1, -0.05) is 30.3 Å². The second kappa shape index (κ2) is 5.13. The lowest BCUT2D eigenvalue weighted by atomic mass is 10.1. The molecule has 0 atom stereocenters. The highest BCUT2D eigenvalue weighted by Crippen LogP contribution is 2.21. The van der Waals surface area contributed by atoms with E-state index >= 15 is 0 Å². The second-order valence-electron chi connectivity index (χ2n) is 4.68. The summed E-state index contributed by atoms with van der Waals surface area (Å²) in [5.41, 5.74) is 3.46. The summed E-state index contributed by atoms with van der Waals surface area (Å²) in [5.74, 6) is 0.0605. The quantitative estimate of drug-likeness (QED) is 0.720. The largest absolute Gasteiger partial charge is 0.354 e. The summed E-state index contributed by atoms with van der Waals surface area (Å²) in [5, 5.41) is 4.36. The second-order valence-corrected chi connectivity index (χ2v) is 4.68. The molecular weight excluding hydrogens is 248 g/mol. The molecule has 0 saturated carbocycles. The van der Waals surface area contributed by atoms with Crippen LogP contribution in [-0.2, 0) is 0 Å². The molecule has 3 aromatic rings. The zero-order valence-corrected chi connectivity index (χ0v) is 11.1. The van der Waals surface area contributed by atoms with Crippen LogP contribution in [0.25, 0.3) is 10.9 Å². The highest BCUT2D eigenvalue weighted by atomic mass is 16.1. The standard InChI is InChI=1S/C17H14N2O/c1-12(20)13-6-4-7-15(9-13)19-16-10-14-5-2-3-8-17(14)18-11-16/h2-11,19H,1H3. The molecule has 0 saturated heterocycles. The number of Topliss-reactive ketones (excluding diaryl/α,β-unsaturated/α-hetero) is 1. The zero-order valence-electron chi connectivity index (χ0n) is 11.1. The first-order valence-corrected chi connectivity index (χ1v) is 6.45. The Bertz CT molecular complexity index is 781. The topological polar surface area (TPSA) is 42.0 Å². The minimum Gasteiger partial charge on any atom is -0.354 e. The lowest BCUT2D eigenvalue weighted by molar-refractivity contribution is 0.101. The van der Waals surface area contributed by atoms with Crippen molar-refractivity contribution in [3.05, 3.63) is 66.4 Å². The van der Waals surface area contributed by atoms with E-state index in [0.29, 0.717) is 5.56 Å². The van der Waals surface area contributed by atoms with Crippen LogP contribution < -0.4 is 5.32 Å². The van der Waals surface area contributed by atoms with Crippen molar-refractivity contribution in [3.63, 3.8) is 0 Å². The maximum absolute atomic E-state index is 11.4. The van der Waals surface area contributed by atoms with E-state index in [1.54, 1.807) is 13.1 Å². The van der Waals surface area contributed by atoms with Gasteiger partial charge in [-0.05, 0) is 31.2 Å². The molecule has 98 valence electrons. The number of hydrogen-bond acceptors (Lipinski definition) is 3. The average molecular weight is 262 g/mol. The van der Waals surface area contributed by atoms with Gasteiger partial charge in [-0.15, -0.1) is 0 Å². The van der Waals surface area contributed by atoms with E-state index in [0.717, 1.165) is 22.3 Å². The average Bonchev–Trinajstić information content (AvgIpc) is 2.47. The van der Waals surface area contributed by atoms with Crippen LogP contribution in [0.1, 0.15) is 17.3 Å². The van der Waals surface area contributed by atoms with Gasteiger partial charge in [0.1, 0.15) is 0 Å². The Balaban J connectivity index is 1.92. The maximum Gasteiger partial charge on any atom is 0.159 e. The molecular formula is C17H14N2O. The van der Waals surface area contributed by atoms with E-state index < -0.39 is 0 Å². The summed E-state index contributed by atoms with van der Waals surface area (Å²) >= 11 is 0. The number of fused-ring (bicyclic) bond motifs is 1. The molecule has 2 aromatic carbocycles. The molecule has 0 spiro atoms. The Kier molecular flexibility index (Phi) is 3.17. The first kappa shape index (κ1) is 12.4. The number of ketones is 1.